The van der Waals surface area contributed by atoms with Crippen molar-refractivity contribution in [3.8, 4) is 5.75 Å². The van der Waals surface area contributed by atoms with E-state index in [-0.39, 0.29) is 0 Å². The van der Waals surface area contributed by atoms with Crippen LogP contribution in [0.1, 0.15) is 12.5 Å². The average Bonchev–Trinajstić information content (AvgIpc) is 2.40. The molecule has 0 aliphatic carbocycles. The molecule has 0 aliphatic rings. The molecule has 3 heteroatoms. The van der Waals surface area contributed by atoms with E-state index in [0.717, 1.165) is 12.1 Å². The van der Waals surface area contributed by atoms with E-state index in [1.54, 1.807) is 12.1 Å². The minimum Gasteiger partial charge on any atom is -0.410 e. The number of hydrogen-bond donors (Lipinski definition) is 1. The SMILES string of the molecule is CCc1ccc(NC(=O)Oc2ccccc2)cc1. The number of para-hydroxylation sites is 1. The molecule has 92 valence electrons. The first kappa shape index (κ1) is 12.2. The summed E-state index contributed by atoms with van der Waals surface area (Å²) in [7, 11) is 0. The maximum absolute atomic E-state index is 11.6. The standard InChI is InChI=1S/C15H15NO2/c1-2-12-8-10-13(11-9-12)16-15(17)18-14-6-4-3-5-7-14/h3-11H,2H2,1H3,(H,16,17). The van der Waals surface area contributed by atoms with Gasteiger partial charge in [-0.3, -0.25) is 5.32 Å². The third-order valence-electron chi connectivity index (χ3n) is 2.56. The molecule has 0 heterocycles. The molecule has 2 aromatic carbocycles. The van der Waals surface area contributed by atoms with Crippen LogP contribution in [0.2, 0.25) is 0 Å². The minimum atomic E-state index is -0.481. The number of rotatable bonds is 3. The van der Waals surface area contributed by atoms with E-state index in [0.29, 0.717) is 5.75 Å². The number of amides is 1. The number of anilines is 1. The molecule has 0 bridgehead atoms. The summed E-state index contributed by atoms with van der Waals surface area (Å²) in [5, 5.41) is 2.68. The van der Waals surface area contributed by atoms with Crippen LogP contribution in [0.4, 0.5) is 10.5 Å². The second-order valence-corrected chi connectivity index (χ2v) is 3.88. The lowest BCUT2D eigenvalue weighted by Crippen LogP contribution is -2.16. The minimum absolute atomic E-state index is 0.481. The smallest absolute Gasteiger partial charge is 0.410 e. The summed E-state index contributed by atoms with van der Waals surface area (Å²) in [6.45, 7) is 2.09. The maximum atomic E-state index is 11.6. The molecular formula is C15H15NO2. The van der Waals surface area contributed by atoms with E-state index in [2.05, 4.69) is 12.2 Å². The van der Waals surface area contributed by atoms with Gasteiger partial charge in [0.1, 0.15) is 5.75 Å². The first-order valence-corrected chi connectivity index (χ1v) is 5.91. The largest absolute Gasteiger partial charge is 0.417 e. The van der Waals surface area contributed by atoms with Crippen molar-refractivity contribution in [2.75, 3.05) is 5.32 Å². The highest BCUT2D eigenvalue weighted by molar-refractivity contribution is 5.86. The van der Waals surface area contributed by atoms with Crippen LogP contribution in [-0.4, -0.2) is 6.09 Å². The summed E-state index contributed by atoms with van der Waals surface area (Å²) in [5.41, 5.74) is 1.96. The van der Waals surface area contributed by atoms with Crippen molar-refractivity contribution in [2.24, 2.45) is 0 Å². The zero-order chi connectivity index (χ0) is 12.8. The monoisotopic (exact) mass is 241 g/mol. The van der Waals surface area contributed by atoms with Crippen LogP contribution in [0.3, 0.4) is 0 Å². The lowest BCUT2D eigenvalue weighted by molar-refractivity contribution is 0.215. The van der Waals surface area contributed by atoms with Crippen LogP contribution >= 0.6 is 0 Å². The number of carbonyl (C=O) groups excluding carboxylic acids is 1. The van der Waals surface area contributed by atoms with Crippen LogP contribution in [-0.2, 0) is 6.42 Å². The Kier molecular flexibility index (Phi) is 3.97. The lowest BCUT2D eigenvalue weighted by atomic mass is 10.1. The van der Waals surface area contributed by atoms with Gasteiger partial charge in [-0.25, -0.2) is 4.79 Å². The molecule has 18 heavy (non-hydrogen) atoms. The van der Waals surface area contributed by atoms with Gasteiger partial charge in [0.15, 0.2) is 0 Å². The highest BCUT2D eigenvalue weighted by Crippen LogP contribution is 2.12. The Morgan fingerprint density at radius 3 is 2.33 bits per heavy atom. The molecule has 2 aromatic rings. The van der Waals surface area contributed by atoms with Crippen molar-refractivity contribution in [1.82, 2.24) is 0 Å². The molecule has 0 unspecified atom stereocenters. The molecule has 0 spiro atoms. The molecule has 1 N–H and O–H groups in total. The maximum Gasteiger partial charge on any atom is 0.417 e. The fraction of sp³-hybridized carbons (Fsp3) is 0.133. The molecule has 0 saturated carbocycles. The molecule has 2 rings (SSSR count). The van der Waals surface area contributed by atoms with Crippen LogP contribution in [0.25, 0.3) is 0 Å². The van der Waals surface area contributed by atoms with Crippen LogP contribution < -0.4 is 10.1 Å². The topological polar surface area (TPSA) is 38.3 Å². The van der Waals surface area contributed by atoms with E-state index in [1.165, 1.54) is 5.56 Å². The van der Waals surface area contributed by atoms with Crippen molar-refractivity contribution < 1.29 is 9.53 Å². The Hall–Kier alpha value is -2.29. The second-order valence-electron chi connectivity index (χ2n) is 3.88. The Morgan fingerprint density at radius 2 is 1.72 bits per heavy atom. The van der Waals surface area contributed by atoms with Crippen molar-refractivity contribution in [1.29, 1.82) is 0 Å². The molecule has 0 saturated heterocycles. The highest BCUT2D eigenvalue weighted by atomic mass is 16.6. The van der Waals surface area contributed by atoms with Crippen molar-refractivity contribution in [3.05, 3.63) is 60.2 Å². The number of carbonyl (C=O) groups is 1. The third-order valence-corrected chi connectivity index (χ3v) is 2.56. The Labute approximate surface area is 106 Å². The normalized spacial score (nSPS) is 9.83. The van der Waals surface area contributed by atoms with Gasteiger partial charge in [0, 0.05) is 5.69 Å². The van der Waals surface area contributed by atoms with Gasteiger partial charge < -0.3 is 4.74 Å². The molecule has 0 aromatic heterocycles. The second kappa shape index (κ2) is 5.87. The van der Waals surface area contributed by atoms with Crippen LogP contribution in [0.5, 0.6) is 5.75 Å². The molecular weight excluding hydrogens is 226 g/mol. The quantitative estimate of drug-likeness (QED) is 0.886. The summed E-state index contributed by atoms with van der Waals surface area (Å²) in [4.78, 5) is 11.6. The van der Waals surface area contributed by atoms with Gasteiger partial charge in [-0.05, 0) is 36.2 Å². The first-order chi connectivity index (χ1) is 8.78. The van der Waals surface area contributed by atoms with Gasteiger partial charge in [0.25, 0.3) is 0 Å². The van der Waals surface area contributed by atoms with E-state index >= 15 is 0 Å². The fourth-order valence-corrected chi connectivity index (χ4v) is 1.56. The van der Waals surface area contributed by atoms with Gasteiger partial charge in [-0.2, -0.15) is 0 Å². The van der Waals surface area contributed by atoms with Crippen molar-refractivity contribution in [2.45, 2.75) is 13.3 Å². The zero-order valence-electron chi connectivity index (χ0n) is 10.2. The number of nitrogens with one attached hydrogen (secondary N) is 1. The summed E-state index contributed by atoms with van der Waals surface area (Å²) < 4.78 is 5.12. The Balaban J connectivity index is 1.94. The molecule has 0 fully saturated rings. The predicted octanol–water partition coefficient (Wildman–Crippen LogP) is 3.86. The number of ether oxygens (including phenoxy) is 1. The molecule has 0 atom stereocenters. The molecule has 0 radical (unpaired) electrons. The van der Waals surface area contributed by atoms with Crippen molar-refractivity contribution in [3.63, 3.8) is 0 Å². The summed E-state index contributed by atoms with van der Waals surface area (Å²) in [5.74, 6) is 0.528. The van der Waals surface area contributed by atoms with Gasteiger partial charge in [-0.15, -0.1) is 0 Å². The van der Waals surface area contributed by atoms with Crippen LogP contribution in [0, 0.1) is 0 Å². The predicted molar refractivity (Wildman–Crippen MR) is 71.9 cm³/mol. The number of hydrogen-bond acceptors (Lipinski definition) is 2. The molecule has 0 aliphatic heterocycles. The number of benzene rings is 2. The lowest BCUT2D eigenvalue weighted by Gasteiger charge is -2.06. The van der Waals surface area contributed by atoms with Gasteiger partial charge in [0.05, 0.1) is 0 Å². The fourth-order valence-electron chi connectivity index (χ4n) is 1.56. The Bertz CT molecular complexity index is 506. The average molecular weight is 241 g/mol. The van der Waals surface area contributed by atoms with Gasteiger partial charge in [0.2, 0.25) is 0 Å². The summed E-state index contributed by atoms with van der Waals surface area (Å²) in [6, 6.07) is 16.7. The van der Waals surface area contributed by atoms with E-state index in [1.807, 2.05) is 42.5 Å². The van der Waals surface area contributed by atoms with E-state index in [9.17, 15) is 4.79 Å². The van der Waals surface area contributed by atoms with E-state index < -0.39 is 6.09 Å². The molecule has 1 amide bonds. The summed E-state index contributed by atoms with van der Waals surface area (Å²) in [6.07, 6.45) is 0.500. The van der Waals surface area contributed by atoms with E-state index in [4.69, 9.17) is 4.74 Å². The summed E-state index contributed by atoms with van der Waals surface area (Å²) >= 11 is 0. The Morgan fingerprint density at radius 1 is 1.06 bits per heavy atom. The zero-order valence-corrected chi connectivity index (χ0v) is 10.2. The third kappa shape index (κ3) is 3.35. The first-order valence-electron chi connectivity index (χ1n) is 5.91. The van der Waals surface area contributed by atoms with Crippen molar-refractivity contribution >= 4 is 11.8 Å². The molecule has 3 nitrogen and oxygen atoms in total. The number of aryl methyl sites for hydroxylation is 1. The van der Waals surface area contributed by atoms with Gasteiger partial charge >= 0.3 is 6.09 Å². The van der Waals surface area contributed by atoms with Crippen LogP contribution in [0.15, 0.2) is 54.6 Å². The van der Waals surface area contributed by atoms with Gasteiger partial charge in [-0.1, -0.05) is 37.3 Å². The highest BCUT2D eigenvalue weighted by Gasteiger charge is 2.04.